The topological polar surface area (TPSA) is 49.4 Å². The molecule has 1 N–H and O–H groups in total. The van der Waals surface area contributed by atoms with E-state index >= 15 is 0 Å². The summed E-state index contributed by atoms with van der Waals surface area (Å²) >= 11 is 4.98. The van der Waals surface area contributed by atoms with E-state index in [0.717, 1.165) is 15.8 Å². The number of carbonyl (C=O) groups excluding carboxylic acids is 2. The fourth-order valence-electron chi connectivity index (χ4n) is 2.49. The third-order valence-corrected chi connectivity index (χ3v) is 5.53. The van der Waals surface area contributed by atoms with Gasteiger partial charge in [0.25, 0.3) is 0 Å². The molecule has 0 bridgehead atoms. The standard InChI is InChI=1S/C20H23BrN2O2S/c1-15(20(25)22-2)23(12-16-6-4-3-5-7-16)19(24)14-26-13-17-8-10-18(21)11-9-17/h3-11,15H,12-14H2,1-2H3,(H,22,25)/t15-/m0/s1. The number of nitrogens with zero attached hydrogens (tertiary/aromatic N) is 1. The molecule has 26 heavy (non-hydrogen) atoms. The molecule has 2 aromatic rings. The van der Waals surface area contributed by atoms with Crippen molar-refractivity contribution < 1.29 is 9.59 Å². The lowest BCUT2D eigenvalue weighted by atomic mass is 10.1. The van der Waals surface area contributed by atoms with Crippen LogP contribution in [-0.2, 0) is 21.9 Å². The predicted molar refractivity (Wildman–Crippen MR) is 111 cm³/mol. The number of hydrogen-bond donors (Lipinski definition) is 1. The van der Waals surface area contributed by atoms with E-state index < -0.39 is 6.04 Å². The maximum absolute atomic E-state index is 12.8. The third-order valence-electron chi connectivity index (χ3n) is 4.02. The zero-order valence-corrected chi connectivity index (χ0v) is 17.3. The highest BCUT2D eigenvalue weighted by Gasteiger charge is 2.25. The molecule has 0 aliphatic carbocycles. The van der Waals surface area contributed by atoms with Crippen LogP contribution in [0.1, 0.15) is 18.1 Å². The second-order valence-corrected chi connectivity index (χ2v) is 7.82. The number of halogens is 1. The van der Waals surface area contributed by atoms with Gasteiger partial charge in [0.15, 0.2) is 0 Å². The molecule has 0 aliphatic heterocycles. The summed E-state index contributed by atoms with van der Waals surface area (Å²) in [6.45, 7) is 2.19. The quantitative estimate of drug-likeness (QED) is 0.686. The third kappa shape index (κ3) is 6.18. The molecule has 0 heterocycles. The summed E-state index contributed by atoms with van der Waals surface area (Å²) in [4.78, 5) is 26.5. The molecule has 2 amide bonds. The SMILES string of the molecule is CNC(=O)[C@H](C)N(Cc1ccccc1)C(=O)CSCc1ccc(Br)cc1. The molecule has 0 saturated carbocycles. The van der Waals surface area contributed by atoms with Gasteiger partial charge in [0.1, 0.15) is 6.04 Å². The minimum Gasteiger partial charge on any atom is -0.357 e. The molecule has 6 heteroatoms. The molecule has 4 nitrogen and oxygen atoms in total. The Kier molecular flexibility index (Phi) is 8.19. The average Bonchev–Trinajstić information content (AvgIpc) is 2.67. The average molecular weight is 435 g/mol. The van der Waals surface area contributed by atoms with E-state index in [-0.39, 0.29) is 11.8 Å². The van der Waals surface area contributed by atoms with E-state index in [9.17, 15) is 9.59 Å². The van der Waals surface area contributed by atoms with Crippen LogP contribution in [0.3, 0.4) is 0 Å². The highest BCUT2D eigenvalue weighted by atomic mass is 79.9. The molecule has 0 radical (unpaired) electrons. The molecular weight excluding hydrogens is 412 g/mol. The van der Waals surface area contributed by atoms with Gasteiger partial charge in [0.2, 0.25) is 11.8 Å². The lowest BCUT2D eigenvalue weighted by molar-refractivity contribution is -0.138. The second kappa shape index (κ2) is 10.4. The van der Waals surface area contributed by atoms with E-state index in [2.05, 4.69) is 21.2 Å². The van der Waals surface area contributed by atoms with E-state index in [0.29, 0.717) is 12.3 Å². The molecule has 0 spiro atoms. The van der Waals surface area contributed by atoms with E-state index in [1.165, 1.54) is 5.56 Å². The Morgan fingerprint density at radius 2 is 1.73 bits per heavy atom. The van der Waals surface area contributed by atoms with Crippen molar-refractivity contribution in [1.29, 1.82) is 0 Å². The highest BCUT2D eigenvalue weighted by Crippen LogP contribution is 2.18. The normalized spacial score (nSPS) is 11.7. The first-order chi connectivity index (χ1) is 12.5. The van der Waals surface area contributed by atoms with Crippen molar-refractivity contribution in [2.24, 2.45) is 0 Å². The van der Waals surface area contributed by atoms with Crippen LogP contribution in [0.15, 0.2) is 59.1 Å². The summed E-state index contributed by atoms with van der Waals surface area (Å²) in [5.41, 5.74) is 2.18. The van der Waals surface area contributed by atoms with E-state index in [1.807, 2.05) is 54.6 Å². The molecule has 0 aromatic heterocycles. The zero-order chi connectivity index (χ0) is 18.9. The summed E-state index contributed by atoms with van der Waals surface area (Å²) in [6.07, 6.45) is 0. The molecule has 2 aromatic carbocycles. The Morgan fingerprint density at radius 3 is 2.35 bits per heavy atom. The Bertz CT molecular complexity index is 722. The van der Waals surface area contributed by atoms with E-state index in [1.54, 1.807) is 30.6 Å². The molecule has 1 atom stereocenters. The number of benzene rings is 2. The number of nitrogens with one attached hydrogen (secondary N) is 1. The van der Waals surface area contributed by atoms with Crippen LogP contribution in [0.2, 0.25) is 0 Å². The van der Waals surface area contributed by atoms with Gasteiger partial charge in [-0.05, 0) is 30.2 Å². The van der Waals surface area contributed by atoms with Gasteiger partial charge in [-0.25, -0.2) is 0 Å². The number of likely N-dealkylation sites (N-methyl/N-ethyl adjacent to an activating group) is 1. The van der Waals surface area contributed by atoms with Crippen molar-refractivity contribution in [2.75, 3.05) is 12.8 Å². The molecule has 0 unspecified atom stereocenters. The first kappa shape index (κ1) is 20.5. The van der Waals surface area contributed by atoms with Gasteiger partial charge < -0.3 is 10.2 Å². The van der Waals surface area contributed by atoms with E-state index in [4.69, 9.17) is 0 Å². The van der Waals surface area contributed by atoms with Crippen LogP contribution in [-0.4, -0.2) is 35.6 Å². The molecule has 138 valence electrons. The molecular formula is C20H23BrN2O2S. The summed E-state index contributed by atoms with van der Waals surface area (Å²) in [5, 5.41) is 2.63. The maximum Gasteiger partial charge on any atom is 0.242 e. The van der Waals surface area contributed by atoms with Crippen LogP contribution in [0, 0.1) is 0 Å². The van der Waals surface area contributed by atoms with Crippen molar-refractivity contribution in [3.8, 4) is 0 Å². The van der Waals surface area contributed by atoms with Crippen LogP contribution in [0.4, 0.5) is 0 Å². The molecule has 0 fully saturated rings. The maximum atomic E-state index is 12.8. The van der Waals surface area contributed by atoms with Gasteiger partial charge in [-0.15, -0.1) is 11.8 Å². The van der Waals surface area contributed by atoms with Crippen LogP contribution in [0.5, 0.6) is 0 Å². The second-order valence-electron chi connectivity index (χ2n) is 5.92. The largest absolute Gasteiger partial charge is 0.357 e. The number of carbonyl (C=O) groups is 2. The smallest absolute Gasteiger partial charge is 0.242 e. The molecule has 0 saturated heterocycles. The Balaban J connectivity index is 1.99. The number of amides is 2. The summed E-state index contributed by atoms with van der Waals surface area (Å²) in [7, 11) is 1.59. The molecule has 2 rings (SSSR count). The van der Waals surface area contributed by atoms with Crippen molar-refractivity contribution in [3.63, 3.8) is 0 Å². The zero-order valence-electron chi connectivity index (χ0n) is 14.9. The van der Waals surface area contributed by atoms with Gasteiger partial charge in [-0.3, -0.25) is 9.59 Å². The van der Waals surface area contributed by atoms with Crippen molar-refractivity contribution in [3.05, 3.63) is 70.2 Å². The van der Waals surface area contributed by atoms with Gasteiger partial charge in [-0.1, -0.05) is 58.4 Å². The lowest BCUT2D eigenvalue weighted by Gasteiger charge is -2.28. The monoisotopic (exact) mass is 434 g/mol. The van der Waals surface area contributed by atoms with Crippen LogP contribution < -0.4 is 5.32 Å². The minimum absolute atomic E-state index is 0.0351. The van der Waals surface area contributed by atoms with Crippen molar-refractivity contribution in [2.45, 2.75) is 25.3 Å². The summed E-state index contributed by atoms with van der Waals surface area (Å²) in [5.74, 6) is 0.899. The minimum atomic E-state index is -0.513. The first-order valence-electron chi connectivity index (χ1n) is 8.38. The first-order valence-corrected chi connectivity index (χ1v) is 10.3. The number of rotatable bonds is 8. The predicted octanol–water partition coefficient (Wildman–Crippen LogP) is 3.85. The van der Waals surface area contributed by atoms with Crippen molar-refractivity contribution >= 4 is 39.5 Å². The number of thioether (sulfide) groups is 1. The summed E-state index contributed by atoms with van der Waals surface area (Å²) < 4.78 is 1.04. The Morgan fingerprint density at radius 1 is 1.08 bits per heavy atom. The highest BCUT2D eigenvalue weighted by molar-refractivity contribution is 9.10. The van der Waals surface area contributed by atoms with Crippen molar-refractivity contribution in [1.82, 2.24) is 10.2 Å². The van der Waals surface area contributed by atoms with Gasteiger partial charge >= 0.3 is 0 Å². The Hall–Kier alpha value is -1.79. The lowest BCUT2D eigenvalue weighted by Crippen LogP contribution is -2.47. The fraction of sp³-hybridized carbons (Fsp3) is 0.300. The van der Waals surface area contributed by atoms with Crippen LogP contribution in [0.25, 0.3) is 0 Å². The van der Waals surface area contributed by atoms with Gasteiger partial charge in [-0.2, -0.15) is 0 Å². The molecule has 0 aliphatic rings. The summed E-state index contributed by atoms with van der Waals surface area (Å²) in [6, 6.07) is 17.3. The van der Waals surface area contributed by atoms with Crippen LogP contribution >= 0.6 is 27.7 Å². The Labute approximate surface area is 167 Å². The van der Waals surface area contributed by atoms with Gasteiger partial charge in [0.05, 0.1) is 5.75 Å². The van der Waals surface area contributed by atoms with Gasteiger partial charge in [0, 0.05) is 23.8 Å². The number of hydrogen-bond acceptors (Lipinski definition) is 3. The fourth-order valence-corrected chi connectivity index (χ4v) is 3.63.